The standard InChI is InChI=1S/C17H18N6O/c1-4-14(13-8-6-5-7-9-13)20-21-16(24)15-19-17-18-11(2)10-12(3)23(17)22-15/h4-10,20H,1-3H3,(H,21,24). The molecule has 7 nitrogen and oxygen atoms in total. The third kappa shape index (κ3) is 3.10. The molecule has 2 N–H and O–H groups in total. The maximum absolute atomic E-state index is 12.3. The Morgan fingerprint density at radius 2 is 1.88 bits per heavy atom. The van der Waals surface area contributed by atoms with E-state index >= 15 is 0 Å². The fourth-order valence-corrected chi connectivity index (χ4v) is 2.37. The number of rotatable bonds is 4. The summed E-state index contributed by atoms with van der Waals surface area (Å²) >= 11 is 0. The first-order valence-corrected chi connectivity index (χ1v) is 7.57. The van der Waals surface area contributed by atoms with Gasteiger partial charge in [-0.2, -0.15) is 4.98 Å². The highest BCUT2D eigenvalue weighted by atomic mass is 16.2. The van der Waals surface area contributed by atoms with E-state index in [9.17, 15) is 4.79 Å². The van der Waals surface area contributed by atoms with Crippen LogP contribution in [0.5, 0.6) is 0 Å². The molecule has 3 rings (SSSR count). The van der Waals surface area contributed by atoms with E-state index in [1.165, 1.54) is 0 Å². The average molecular weight is 322 g/mol. The highest BCUT2D eigenvalue weighted by Crippen LogP contribution is 2.09. The predicted octanol–water partition coefficient (Wildman–Crippen LogP) is 2.04. The van der Waals surface area contributed by atoms with Crippen molar-refractivity contribution in [2.75, 3.05) is 0 Å². The van der Waals surface area contributed by atoms with Crippen LogP contribution in [-0.2, 0) is 0 Å². The summed E-state index contributed by atoms with van der Waals surface area (Å²) in [4.78, 5) is 20.8. The largest absolute Gasteiger partial charge is 0.309 e. The SMILES string of the molecule is CC=C(NNC(=O)c1nc2nc(C)cc(C)n2n1)c1ccccc1. The number of allylic oxidation sites excluding steroid dienone is 1. The van der Waals surface area contributed by atoms with Crippen LogP contribution in [0.25, 0.3) is 11.5 Å². The van der Waals surface area contributed by atoms with E-state index < -0.39 is 5.91 Å². The number of nitrogens with one attached hydrogen (secondary N) is 2. The molecule has 0 spiro atoms. The second-order valence-electron chi connectivity index (χ2n) is 5.33. The smallest absolute Gasteiger partial charge is 0.298 e. The Kier molecular flexibility index (Phi) is 4.24. The van der Waals surface area contributed by atoms with Gasteiger partial charge in [-0.05, 0) is 32.4 Å². The fraction of sp³-hybridized carbons (Fsp3) is 0.176. The van der Waals surface area contributed by atoms with Crippen LogP contribution in [0.2, 0.25) is 0 Å². The lowest BCUT2D eigenvalue weighted by Crippen LogP contribution is -2.36. The normalized spacial score (nSPS) is 11.5. The molecular weight excluding hydrogens is 304 g/mol. The third-order valence-electron chi connectivity index (χ3n) is 3.51. The number of hydrazine groups is 1. The van der Waals surface area contributed by atoms with E-state index in [0.717, 1.165) is 22.6 Å². The Morgan fingerprint density at radius 1 is 1.12 bits per heavy atom. The number of carbonyl (C=O) groups is 1. The molecule has 0 aliphatic carbocycles. The minimum absolute atomic E-state index is 0.0622. The number of fused-ring (bicyclic) bond motifs is 1. The molecule has 0 bridgehead atoms. The summed E-state index contributed by atoms with van der Waals surface area (Å²) in [6.45, 7) is 5.66. The number of benzene rings is 1. The Bertz CT molecular complexity index is 913. The topological polar surface area (TPSA) is 84.2 Å². The highest BCUT2D eigenvalue weighted by Gasteiger charge is 2.15. The monoisotopic (exact) mass is 322 g/mol. The second kappa shape index (κ2) is 6.49. The van der Waals surface area contributed by atoms with Crippen molar-refractivity contribution in [3.05, 3.63) is 65.2 Å². The van der Waals surface area contributed by atoms with Crippen molar-refractivity contribution in [1.29, 1.82) is 0 Å². The molecule has 2 aromatic heterocycles. The fourth-order valence-electron chi connectivity index (χ4n) is 2.37. The molecule has 0 aliphatic rings. The molecule has 0 fully saturated rings. The van der Waals surface area contributed by atoms with Gasteiger partial charge in [-0.25, -0.2) is 9.50 Å². The van der Waals surface area contributed by atoms with Crippen molar-refractivity contribution >= 4 is 17.4 Å². The number of aromatic nitrogens is 4. The summed E-state index contributed by atoms with van der Waals surface area (Å²) in [6, 6.07) is 11.6. The Hall–Kier alpha value is -3.22. The van der Waals surface area contributed by atoms with Gasteiger partial charge in [-0.1, -0.05) is 36.4 Å². The Balaban J connectivity index is 1.77. The molecule has 3 aromatic rings. The van der Waals surface area contributed by atoms with E-state index in [1.807, 2.05) is 63.2 Å². The van der Waals surface area contributed by atoms with Crippen molar-refractivity contribution in [3.8, 4) is 0 Å². The zero-order valence-electron chi connectivity index (χ0n) is 13.7. The predicted molar refractivity (Wildman–Crippen MR) is 91.0 cm³/mol. The molecule has 0 atom stereocenters. The summed E-state index contributed by atoms with van der Waals surface area (Å²) in [5.41, 5.74) is 8.99. The van der Waals surface area contributed by atoms with E-state index in [0.29, 0.717) is 5.78 Å². The van der Waals surface area contributed by atoms with Crippen LogP contribution in [0.1, 0.15) is 34.5 Å². The minimum Gasteiger partial charge on any atom is -0.298 e. The van der Waals surface area contributed by atoms with E-state index in [2.05, 4.69) is 25.9 Å². The van der Waals surface area contributed by atoms with Crippen LogP contribution in [0.4, 0.5) is 0 Å². The average Bonchev–Trinajstić information content (AvgIpc) is 3.00. The maximum Gasteiger partial charge on any atom is 0.309 e. The summed E-state index contributed by atoms with van der Waals surface area (Å²) < 4.78 is 1.55. The zero-order valence-corrected chi connectivity index (χ0v) is 13.7. The second-order valence-corrected chi connectivity index (χ2v) is 5.33. The van der Waals surface area contributed by atoms with Crippen LogP contribution in [0, 0.1) is 13.8 Å². The Morgan fingerprint density at radius 3 is 2.58 bits per heavy atom. The lowest BCUT2D eigenvalue weighted by atomic mass is 10.1. The molecule has 0 saturated carbocycles. The molecule has 7 heteroatoms. The molecule has 1 aromatic carbocycles. The van der Waals surface area contributed by atoms with Gasteiger partial charge in [0, 0.05) is 11.4 Å². The molecule has 122 valence electrons. The van der Waals surface area contributed by atoms with Crippen molar-refractivity contribution in [2.45, 2.75) is 20.8 Å². The lowest BCUT2D eigenvalue weighted by Gasteiger charge is -2.10. The van der Waals surface area contributed by atoms with Gasteiger partial charge in [0.05, 0.1) is 5.70 Å². The Labute approximate surface area is 139 Å². The third-order valence-corrected chi connectivity index (χ3v) is 3.51. The number of carbonyl (C=O) groups excluding carboxylic acids is 1. The van der Waals surface area contributed by atoms with Gasteiger partial charge < -0.3 is 0 Å². The lowest BCUT2D eigenvalue weighted by molar-refractivity contribution is 0.0932. The van der Waals surface area contributed by atoms with Crippen molar-refractivity contribution in [3.63, 3.8) is 0 Å². The number of nitrogens with zero attached hydrogens (tertiary/aromatic N) is 4. The van der Waals surface area contributed by atoms with Gasteiger partial charge in [-0.3, -0.25) is 15.6 Å². The number of amides is 1. The van der Waals surface area contributed by atoms with Crippen LogP contribution in [0.15, 0.2) is 42.5 Å². The molecule has 2 heterocycles. The summed E-state index contributed by atoms with van der Waals surface area (Å²) in [6.07, 6.45) is 1.88. The van der Waals surface area contributed by atoms with Crippen molar-refractivity contribution in [2.24, 2.45) is 0 Å². The van der Waals surface area contributed by atoms with Gasteiger partial charge in [-0.15, -0.1) is 5.10 Å². The van der Waals surface area contributed by atoms with Gasteiger partial charge in [0.2, 0.25) is 5.82 Å². The molecule has 0 saturated heterocycles. The summed E-state index contributed by atoms with van der Waals surface area (Å²) in [7, 11) is 0. The van der Waals surface area contributed by atoms with Crippen LogP contribution in [-0.4, -0.2) is 25.5 Å². The molecule has 0 aliphatic heterocycles. The van der Waals surface area contributed by atoms with Crippen molar-refractivity contribution < 1.29 is 4.79 Å². The van der Waals surface area contributed by atoms with Gasteiger partial charge in [0.1, 0.15) is 0 Å². The first-order chi connectivity index (χ1) is 11.6. The van der Waals surface area contributed by atoms with Crippen LogP contribution < -0.4 is 10.9 Å². The first kappa shape index (κ1) is 15.7. The molecule has 0 radical (unpaired) electrons. The molecule has 1 amide bonds. The van der Waals surface area contributed by atoms with Gasteiger partial charge in [0.15, 0.2) is 0 Å². The molecule has 0 unspecified atom stereocenters. The van der Waals surface area contributed by atoms with Gasteiger partial charge >= 0.3 is 5.91 Å². The van der Waals surface area contributed by atoms with E-state index in [-0.39, 0.29) is 5.82 Å². The maximum atomic E-state index is 12.3. The number of hydrogen-bond acceptors (Lipinski definition) is 5. The van der Waals surface area contributed by atoms with E-state index in [4.69, 9.17) is 0 Å². The summed E-state index contributed by atoms with van der Waals surface area (Å²) in [5.74, 6) is 0.0482. The summed E-state index contributed by atoms with van der Waals surface area (Å²) in [5, 5.41) is 4.20. The number of aryl methyl sites for hydroxylation is 2. The van der Waals surface area contributed by atoms with Gasteiger partial charge in [0.25, 0.3) is 5.78 Å². The van der Waals surface area contributed by atoms with E-state index in [1.54, 1.807) is 4.52 Å². The first-order valence-electron chi connectivity index (χ1n) is 7.57. The van der Waals surface area contributed by atoms with Crippen LogP contribution >= 0.6 is 0 Å². The highest BCUT2D eigenvalue weighted by molar-refractivity contribution is 5.91. The molecule has 24 heavy (non-hydrogen) atoms. The number of hydrogen-bond donors (Lipinski definition) is 2. The van der Waals surface area contributed by atoms with Crippen LogP contribution in [0.3, 0.4) is 0 Å². The zero-order chi connectivity index (χ0) is 17.1. The van der Waals surface area contributed by atoms with Crippen molar-refractivity contribution in [1.82, 2.24) is 30.4 Å². The minimum atomic E-state index is -0.423. The molecular formula is C17H18N6O. The quantitative estimate of drug-likeness (QED) is 0.718.